The Morgan fingerprint density at radius 1 is 1.19 bits per heavy atom. The van der Waals surface area contributed by atoms with Crippen molar-refractivity contribution in [1.82, 2.24) is 24.8 Å². The van der Waals surface area contributed by atoms with Gasteiger partial charge in [-0.15, -0.1) is 0 Å². The molecule has 3 aromatic rings. The van der Waals surface area contributed by atoms with Gasteiger partial charge in [-0.3, -0.25) is 4.79 Å². The van der Waals surface area contributed by atoms with Crippen LogP contribution in [0.3, 0.4) is 0 Å². The Morgan fingerprint density at radius 3 is 2.70 bits per heavy atom. The number of carbonyl (C=O) groups is 1. The predicted molar refractivity (Wildman–Crippen MR) is 104 cm³/mol. The molecule has 2 heterocycles. The normalized spacial score (nSPS) is 11.7. The first-order chi connectivity index (χ1) is 13.0. The number of anilines is 1. The molecular formula is C20H22N6O. The van der Waals surface area contributed by atoms with E-state index in [2.05, 4.69) is 25.3 Å². The van der Waals surface area contributed by atoms with Gasteiger partial charge in [0.25, 0.3) is 5.91 Å². The molecule has 138 valence electrons. The number of aromatic nitrogens is 4. The van der Waals surface area contributed by atoms with E-state index in [4.69, 9.17) is 0 Å². The van der Waals surface area contributed by atoms with E-state index < -0.39 is 0 Å². The summed E-state index contributed by atoms with van der Waals surface area (Å²) in [4.78, 5) is 31.8. The van der Waals surface area contributed by atoms with Crippen molar-refractivity contribution in [2.75, 3.05) is 19.4 Å². The fraction of sp³-hybridized carbons (Fsp3) is 0.250. The molecule has 0 saturated heterocycles. The maximum absolute atomic E-state index is 13.0. The van der Waals surface area contributed by atoms with Gasteiger partial charge in [0.1, 0.15) is 12.1 Å². The van der Waals surface area contributed by atoms with E-state index in [0.717, 1.165) is 22.8 Å². The topological polar surface area (TPSA) is 83.9 Å². The Kier molecular flexibility index (Phi) is 5.40. The Bertz CT molecular complexity index is 944. The summed E-state index contributed by atoms with van der Waals surface area (Å²) in [6.07, 6.45) is 3.16. The Labute approximate surface area is 158 Å². The van der Waals surface area contributed by atoms with Crippen molar-refractivity contribution in [2.24, 2.45) is 0 Å². The second-order valence-corrected chi connectivity index (χ2v) is 6.28. The van der Waals surface area contributed by atoms with Crippen LogP contribution in [-0.2, 0) is 0 Å². The summed E-state index contributed by atoms with van der Waals surface area (Å²) in [7, 11) is 3.58. The zero-order valence-electron chi connectivity index (χ0n) is 15.8. The van der Waals surface area contributed by atoms with Crippen LogP contribution >= 0.6 is 0 Å². The number of nitrogens with zero attached hydrogens (tertiary/aromatic N) is 5. The molecule has 0 fully saturated rings. The van der Waals surface area contributed by atoms with Gasteiger partial charge in [0.15, 0.2) is 5.82 Å². The number of benzene rings is 1. The largest absolute Gasteiger partial charge is 0.373 e. The standard InChI is InChI=1S/C20H22N6O/c1-13-10-18(21-3)25-19(24-13)15-6-5-7-16(11-15)20(27)26(4)14(2)17-8-9-22-12-23-17/h5-12,14H,1-4H3,(H,21,24,25)/t14-/m0/s1. The summed E-state index contributed by atoms with van der Waals surface area (Å²) in [5.41, 5.74) is 3.02. The minimum Gasteiger partial charge on any atom is -0.373 e. The zero-order valence-corrected chi connectivity index (χ0v) is 15.8. The van der Waals surface area contributed by atoms with Crippen LogP contribution in [-0.4, -0.2) is 44.8 Å². The van der Waals surface area contributed by atoms with E-state index in [1.165, 1.54) is 6.33 Å². The lowest BCUT2D eigenvalue weighted by Crippen LogP contribution is -2.30. The molecule has 2 aromatic heterocycles. The van der Waals surface area contributed by atoms with Crippen LogP contribution in [0.25, 0.3) is 11.4 Å². The number of amides is 1. The Hall–Kier alpha value is -3.35. The van der Waals surface area contributed by atoms with E-state index in [1.807, 2.05) is 51.2 Å². The first-order valence-electron chi connectivity index (χ1n) is 8.66. The van der Waals surface area contributed by atoms with E-state index >= 15 is 0 Å². The number of rotatable bonds is 5. The first kappa shape index (κ1) is 18.4. The van der Waals surface area contributed by atoms with Crippen LogP contribution < -0.4 is 5.32 Å². The molecule has 0 aliphatic carbocycles. The van der Waals surface area contributed by atoms with E-state index in [0.29, 0.717) is 11.4 Å². The third-order valence-electron chi connectivity index (χ3n) is 4.41. The zero-order chi connectivity index (χ0) is 19.4. The lowest BCUT2D eigenvalue weighted by molar-refractivity contribution is 0.0739. The molecule has 7 nitrogen and oxygen atoms in total. The fourth-order valence-corrected chi connectivity index (χ4v) is 2.74. The molecule has 1 amide bonds. The van der Waals surface area contributed by atoms with Crippen molar-refractivity contribution in [3.05, 3.63) is 65.9 Å². The minimum atomic E-state index is -0.171. The van der Waals surface area contributed by atoms with Gasteiger partial charge in [-0.1, -0.05) is 12.1 Å². The summed E-state index contributed by atoms with van der Waals surface area (Å²) in [6, 6.07) is 10.9. The molecule has 1 atom stereocenters. The summed E-state index contributed by atoms with van der Waals surface area (Å²) in [5.74, 6) is 1.23. The van der Waals surface area contributed by atoms with E-state index in [9.17, 15) is 4.79 Å². The number of nitrogens with one attached hydrogen (secondary N) is 1. The molecule has 0 unspecified atom stereocenters. The highest BCUT2D eigenvalue weighted by Crippen LogP contribution is 2.22. The molecule has 0 saturated carbocycles. The Balaban J connectivity index is 1.89. The molecule has 3 rings (SSSR count). The lowest BCUT2D eigenvalue weighted by atomic mass is 10.1. The van der Waals surface area contributed by atoms with Gasteiger partial charge in [0, 0.05) is 43.2 Å². The summed E-state index contributed by atoms with van der Waals surface area (Å²) in [5, 5.41) is 3.03. The van der Waals surface area contributed by atoms with Gasteiger partial charge in [0.05, 0.1) is 11.7 Å². The minimum absolute atomic E-state index is 0.0931. The summed E-state index contributed by atoms with van der Waals surface area (Å²) >= 11 is 0. The van der Waals surface area contributed by atoms with Crippen LogP contribution in [0, 0.1) is 6.92 Å². The number of aryl methyl sites for hydroxylation is 1. The third kappa shape index (κ3) is 4.08. The smallest absolute Gasteiger partial charge is 0.254 e. The quantitative estimate of drug-likeness (QED) is 0.751. The van der Waals surface area contributed by atoms with E-state index in [1.54, 1.807) is 24.2 Å². The number of hydrogen-bond acceptors (Lipinski definition) is 6. The van der Waals surface area contributed by atoms with Crippen molar-refractivity contribution in [1.29, 1.82) is 0 Å². The van der Waals surface area contributed by atoms with Gasteiger partial charge in [-0.05, 0) is 32.0 Å². The van der Waals surface area contributed by atoms with Crippen LogP contribution in [0.15, 0.2) is 48.9 Å². The second-order valence-electron chi connectivity index (χ2n) is 6.28. The summed E-state index contributed by atoms with van der Waals surface area (Å²) < 4.78 is 0. The predicted octanol–water partition coefficient (Wildman–Crippen LogP) is 3.12. The van der Waals surface area contributed by atoms with Crippen LogP contribution in [0.1, 0.15) is 34.7 Å². The van der Waals surface area contributed by atoms with E-state index in [-0.39, 0.29) is 11.9 Å². The van der Waals surface area contributed by atoms with Gasteiger partial charge in [-0.25, -0.2) is 19.9 Å². The second kappa shape index (κ2) is 7.90. The molecule has 0 aliphatic rings. The van der Waals surface area contributed by atoms with Crippen molar-refractivity contribution in [2.45, 2.75) is 19.9 Å². The molecule has 27 heavy (non-hydrogen) atoms. The highest BCUT2D eigenvalue weighted by molar-refractivity contribution is 5.95. The average Bonchev–Trinajstić information content (AvgIpc) is 2.72. The van der Waals surface area contributed by atoms with Gasteiger partial charge < -0.3 is 10.2 Å². The van der Waals surface area contributed by atoms with Crippen LogP contribution in [0.2, 0.25) is 0 Å². The van der Waals surface area contributed by atoms with Crippen LogP contribution in [0.5, 0.6) is 0 Å². The van der Waals surface area contributed by atoms with Crippen molar-refractivity contribution < 1.29 is 4.79 Å². The van der Waals surface area contributed by atoms with Gasteiger partial charge in [0.2, 0.25) is 0 Å². The first-order valence-corrected chi connectivity index (χ1v) is 8.66. The van der Waals surface area contributed by atoms with Crippen molar-refractivity contribution in [3.8, 4) is 11.4 Å². The summed E-state index contributed by atoms with van der Waals surface area (Å²) in [6.45, 7) is 3.85. The molecule has 7 heteroatoms. The van der Waals surface area contributed by atoms with Crippen LogP contribution in [0.4, 0.5) is 5.82 Å². The Morgan fingerprint density at radius 2 is 2.00 bits per heavy atom. The third-order valence-corrected chi connectivity index (χ3v) is 4.41. The molecular weight excluding hydrogens is 340 g/mol. The molecule has 1 aromatic carbocycles. The highest BCUT2D eigenvalue weighted by Gasteiger charge is 2.20. The SMILES string of the molecule is CNc1cc(C)nc(-c2cccc(C(=O)N(C)[C@@H](C)c3ccncn3)c2)n1. The molecule has 0 spiro atoms. The number of hydrogen-bond donors (Lipinski definition) is 1. The number of carbonyl (C=O) groups excluding carboxylic acids is 1. The lowest BCUT2D eigenvalue weighted by Gasteiger charge is -2.24. The maximum atomic E-state index is 13.0. The van der Waals surface area contributed by atoms with Gasteiger partial charge >= 0.3 is 0 Å². The molecule has 0 aliphatic heterocycles. The van der Waals surface area contributed by atoms with Gasteiger partial charge in [-0.2, -0.15) is 0 Å². The molecule has 0 radical (unpaired) electrons. The van der Waals surface area contributed by atoms with Crippen molar-refractivity contribution in [3.63, 3.8) is 0 Å². The highest BCUT2D eigenvalue weighted by atomic mass is 16.2. The monoisotopic (exact) mass is 362 g/mol. The maximum Gasteiger partial charge on any atom is 0.254 e. The van der Waals surface area contributed by atoms with Crippen molar-refractivity contribution >= 4 is 11.7 Å². The fourth-order valence-electron chi connectivity index (χ4n) is 2.74. The molecule has 0 bridgehead atoms. The molecule has 1 N–H and O–H groups in total. The average molecular weight is 362 g/mol.